The molecule has 0 aliphatic carbocycles. The fourth-order valence-corrected chi connectivity index (χ4v) is 2.20. The summed E-state index contributed by atoms with van der Waals surface area (Å²) in [7, 11) is 0. The molecule has 3 rings (SSSR count). The Labute approximate surface area is 120 Å². The van der Waals surface area contributed by atoms with Crippen LogP contribution in [-0.2, 0) is 11.2 Å². The van der Waals surface area contributed by atoms with Crippen LogP contribution in [0.3, 0.4) is 0 Å². The third-order valence-electron chi connectivity index (χ3n) is 3.28. The molecule has 106 valence electrons. The van der Waals surface area contributed by atoms with Crippen molar-refractivity contribution in [1.82, 2.24) is 4.98 Å². The summed E-state index contributed by atoms with van der Waals surface area (Å²) in [6.45, 7) is 0. The first-order valence-corrected chi connectivity index (χ1v) is 6.47. The van der Waals surface area contributed by atoms with E-state index < -0.39 is 11.7 Å². The molecule has 0 fully saturated rings. The number of nitrogens with zero attached hydrogens (tertiary/aromatic N) is 1. The number of halogens is 1. The van der Waals surface area contributed by atoms with E-state index in [1.807, 2.05) is 0 Å². The Hall–Kier alpha value is -2.76. The van der Waals surface area contributed by atoms with E-state index in [1.54, 1.807) is 18.2 Å². The lowest BCUT2D eigenvalue weighted by atomic mass is 10.00. The van der Waals surface area contributed by atoms with Gasteiger partial charge in [0.15, 0.2) is 5.82 Å². The number of hydrogen-bond donors (Lipinski definition) is 2. The van der Waals surface area contributed by atoms with Crippen LogP contribution in [0.2, 0.25) is 0 Å². The van der Waals surface area contributed by atoms with Crippen LogP contribution in [0.1, 0.15) is 22.3 Å². The molecule has 1 aliphatic heterocycles. The number of fused-ring (bicyclic) bond motifs is 1. The van der Waals surface area contributed by atoms with Gasteiger partial charge in [0.25, 0.3) is 5.91 Å². The molecule has 0 bridgehead atoms. The SMILES string of the molecule is O=C1CCc2cc(C(=O)Nc3ccncc3F)ccc2N1. The second-order valence-electron chi connectivity index (χ2n) is 4.73. The molecule has 2 N–H and O–H groups in total. The van der Waals surface area contributed by atoms with E-state index >= 15 is 0 Å². The van der Waals surface area contributed by atoms with Crippen LogP contribution in [0.15, 0.2) is 36.7 Å². The van der Waals surface area contributed by atoms with Crippen LogP contribution in [0, 0.1) is 5.82 Å². The van der Waals surface area contributed by atoms with E-state index in [-0.39, 0.29) is 11.6 Å². The van der Waals surface area contributed by atoms with Crippen molar-refractivity contribution in [3.63, 3.8) is 0 Å². The number of benzene rings is 1. The summed E-state index contributed by atoms with van der Waals surface area (Å²) < 4.78 is 13.5. The largest absolute Gasteiger partial charge is 0.326 e. The van der Waals surface area contributed by atoms with E-state index in [0.717, 1.165) is 17.4 Å². The Balaban J connectivity index is 1.83. The maximum atomic E-state index is 13.5. The zero-order valence-electron chi connectivity index (χ0n) is 11.0. The molecule has 21 heavy (non-hydrogen) atoms. The molecule has 0 radical (unpaired) electrons. The maximum Gasteiger partial charge on any atom is 0.255 e. The zero-order valence-corrected chi connectivity index (χ0v) is 11.0. The average molecular weight is 285 g/mol. The quantitative estimate of drug-likeness (QED) is 0.889. The molecule has 1 aromatic carbocycles. The van der Waals surface area contributed by atoms with Crippen molar-refractivity contribution < 1.29 is 14.0 Å². The first kappa shape index (κ1) is 13.2. The number of pyridine rings is 1. The Morgan fingerprint density at radius 1 is 1.29 bits per heavy atom. The van der Waals surface area contributed by atoms with Crippen LogP contribution >= 0.6 is 0 Å². The number of carbonyl (C=O) groups excluding carboxylic acids is 2. The molecular weight excluding hydrogens is 273 g/mol. The van der Waals surface area contributed by atoms with Gasteiger partial charge in [-0.25, -0.2) is 4.39 Å². The molecule has 2 amide bonds. The fourth-order valence-electron chi connectivity index (χ4n) is 2.20. The van der Waals surface area contributed by atoms with Gasteiger partial charge in [-0.3, -0.25) is 14.6 Å². The third-order valence-corrected chi connectivity index (χ3v) is 3.28. The number of nitrogens with one attached hydrogen (secondary N) is 2. The number of anilines is 2. The zero-order chi connectivity index (χ0) is 14.8. The Kier molecular flexibility index (Phi) is 3.35. The van der Waals surface area contributed by atoms with Crippen LogP contribution in [-0.4, -0.2) is 16.8 Å². The van der Waals surface area contributed by atoms with Gasteiger partial charge in [0, 0.05) is 23.9 Å². The minimum atomic E-state index is -0.587. The molecule has 6 heteroatoms. The van der Waals surface area contributed by atoms with Crippen LogP contribution in [0.4, 0.5) is 15.8 Å². The molecule has 2 aromatic rings. The fraction of sp³-hybridized carbons (Fsp3) is 0.133. The highest BCUT2D eigenvalue weighted by Gasteiger charge is 2.17. The molecule has 0 spiro atoms. The van der Waals surface area contributed by atoms with Crippen molar-refractivity contribution >= 4 is 23.2 Å². The van der Waals surface area contributed by atoms with Gasteiger partial charge in [0.05, 0.1) is 11.9 Å². The van der Waals surface area contributed by atoms with Gasteiger partial charge in [-0.1, -0.05) is 0 Å². The van der Waals surface area contributed by atoms with E-state index in [4.69, 9.17) is 0 Å². The number of amides is 2. The minimum Gasteiger partial charge on any atom is -0.326 e. The van der Waals surface area contributed by atoms with Crippen molar-refractivity contribution in [3.05, 3.63) is 53.6 Å². The number of aryl methyl sites for hydroxylation is 1. The highest BCUT2D eigenvalue weighted by Crippen LogP contribution is 2.24. The van der Waals surface area contributed by atoms with Crippen molar-refractivity contribution in [2.75, 3.05) is 10.6 Å². The average Bonchev–Trinajstić information content (AvgIpc) is 2.49. The molecule has 0 saturated carbocycles. The Morgan fingerprint density at radius 3 is 2.95 bits per heavy atom. The second kappa shape index (κ2) is 5.32. The molecule has 1 aliphatic rings. The molecule has 2 heterocycles. The van der Waals surface area contributed by atoms with Crippen LogP contribution < -0.4 is 10.6 Å². The summed E-state index contributed by atoms with van der Waals surface area (Å²) in [4.78, 5) is 27.0. The summed E-state index contributed by atoms with van der Waals surface area (Å²) in [6.07, 6.45) is 3.43. The molecular formula is C15H12FN3O2. The lowest BCUT2D eigenvalue weighted by Gasteiger charge is -2.17. The Morgan fingerprint density at radius 2 is 2.14 bits per heavy atom. The van der Waals surface area contributed by atoms with E-state index in [0.29, 0.717) is 18.4 Å². The van der Waals surface area contributed by atoms with E-state index in [1.165, 1.54) is 12.3 Å². The van der Waals surface area contributed by atoms with Gasteiger partial charge in [-0.05, 0) is 36.2 Å². The van der Waals surface area contributed by atoms with Crippen LogP contribution in [0.25, 0.3) is 0 Å². The highest BCUT2D eigenvalue weighted by atomic mass is 19.1. The standard InChI is InChI=1S/C15H12FN3O2/c16-11-8-17-6-5-13(11)19-15(21)10-1-3-12-9(7-10)2-4-14(20)18-12/h1,3,5-8H,2,4H2,(H,18,20)(H,17,19,21). The summed E-state index contributed by atoms with van der Waals surface area (Å²) in [6, 6.07) is 6.39. The molecule has 1 aromatic heterocycles. The molecule has 5 nitrogen and oxygen atoms in total. The first-order valence-electron chi connectivity index (χ1n) is 6.47. The van der Waals surface area contributed by atoms with Gasteiger partial charge in [0.2, 0.25) is 5.91 Å². The van der Waals surface area contributed by atoms with Gasteiger partial charge >= 0.3 is 0 Å². The van der Waals surface area contributed by atoms with Crippen LogP contribution in [0.5, 0.6) is 0 Å². The lowest BCUT2D eigenvalue weighted by Crippen LogP contribution is -2.20. The predicted molar refractivity (Wildman–Crippen MR) is 75.5 cm³/mol. The van der Waals surface area contributed by atoms with Gasteiger partial charge in [-0.15, -0.1) is 0 Å². The maximum absolute atomic E-state index is 13.5. The van der Waals surface area contributed by atoms with Crippen molar-refractivity contribution in [2.24, 2.45) is 0 Å². The summed E-state index contributed by atoms with van der Waals surface area (Å²) >= 11 is 0. The van der Waals surface area contributed by atoms with Gasteiger partial charge < -0.3 is 10.6 Å². The monoisotopic (exact) mass is 285 g/mol. The summed E-state index contributed by atoms with van der Waals surface area (Å²) in [5, 5.41) is 5.25. The highest BCUT2D eigenvalue weighted by molar-refractivity contribution is 6.05. The first-order chi connectivity index (χ1) is 10.1. The lowest BCUT2D eigenvalue weighted by molar-refractivity contribution is -0.116. The summed E-state index contributed by atoms with van der Waals surface area (Å²) in [5.74, 6) is -1.02. The molecule has 0 saturated heterocycles. The third kappa shape index (κ3) is 2.74. The molecule has 0 unspecified atom stereocenters. The van der Waals surface area contributed by atoms with Crippen molar-refractivity contribution in [2.45, 2.75) is 12.8 Å². The van der Waals surface area contributed by atoms with Crippen molar-refractivity contribution in [1.29, 1.82) is 0 Å². The van der Waals surface area contributed by atoms with E-state index in [2.05, 4.69) is 15.6 Å². The topological polar surface area (TPSA) is 71.1 Å². The molecule has 0 atom stereocenters. The number of hydrogen-bond acceptors (Lipinski definition) is 3. The number of rotatable bonds is 2. The van der Waals surface area contributed by atoms with E-state index in [9.17, 15) is 14.0 Å². The van der Waals surface area contributed by atoms with Crippen molar-refractivity contribution in [3.8, 4) is 0 Å². The summed E-state index contributed by atoms with van der Waals surface area (Å²) in [5.41, 5.74) is 2.12. The normalized spacial score (nSPS) is 13.3. The second-order valence-corrected chi connectivity index (χ2v) is 4.73. The smallest absolute Gasteiger partial charge is 0.255 e. The Bertz CT molecular complexity index is 731. The minimum absolute atomic E-state index is 0.0291. The van der Waals surface area contributed by atoms with Gasteiger partial charge in [0.1, 0.15) is 0 Å². The predicted octanol–water partition coefficient (Wildman–Crippen LogP) is 2.36. The van der Waals surface area contributed by atoms with Gasteiger partial charge in [-0.2, -0.15) is 0 Å². The number of aromatic nitrogens is 1. The number of carbonyl (C=O) groups is 2.